The van der Waals surface area contributed by atoms with Crippen molar-refractivity contribution in [1.29, 1.82) is 0 Å². The zero-order chi connectivity index (χ0) is 38.1. The Morgan fingerprint density at radius 1 is 1.02 bits per heavy atom. The summed E-state index contributed by atoms with van der Waals surface area (Å²) in [7, 11) is 3.36. The molecule has 11 nitrogen and oxygen atoms in total. The summed E-state index contributed by atoms with van der Waals surface area (Å²) < 4.78 is 50.3. The molecule has 288 valence electrons. The number of likely N-dealkylation sites (tertiary alicyclic amines) is 1. The van der Waals surface area contributed by atoms with E-state index in [-0.39, 0.29) is 35.7 Å². The zero-order valence-corrected chi connectivity index (χ0v) is 31.2. The van der Waals surface area contributed by atoms with Gasteiger partial charge in [0.25, 0.3) is 5.56 Å². The first-order chi connectivity index (χ1) is 25.9. The predicted octanol–water partition coefficient (Wildman–Crippen LogP) is 6.33. The Morgan fingerprint density at radius 2 is 1.78 bits per heavy atom. The molecule has 7 rings (SSSR count). The molecule has 0 spiro atoms. The summed E-state index contributed by atoms with van der Waals surface area (Å²) >= 11 is 7.02. The fourth-order valence-corrected chi connectivity index (χ4v) is 8.70. The number of piperidine rings is 2. The van der Waals surface area contributed by atoms with Gasteiger partial charge in [0.1, 0.15) is 17.3 Å². The van der Waals surface area contributed by atoms with Gasteiger partial charge < -0.3 is 19.5 Å². The van der Waals surface area contributed by atoms with E-state index in [1.807, 2.05) is 17.1 Å². The number of carbonyl (C=O) groups is 2. The number of aryl methyl sites for hydroxylation is 1. The molecule has 2 unspecified atom stereocenters. The third-order valence-corrected chi connectivity index (χ3v) is 11.8. The maximum Gasteiger partial charge on any atom is 0.418 e. The topological polar surface area (TPSA) is 125 Å². The van der Waals surface area contributed by atoms with Crippen LogP contribution in [0.25, 0.3) is 16.5 Å². The Bertz CT molecular complexity index is 2080. The molecule has 3 fully saturated rings. The SMILES string of the molecule is COC1=CC(c2cn(C)c(=O)c3[nH]ncc23)=CC(Cl)=C(CN2CCCC(C3CCN(c4ccc(NC5CCC(=O)NC5=O)cc4C(F)(F)F)CC3)CC2)C1. The van der Waals surface area contributed by atoms with Crippen molar-refractivity contribution in [3.8, 4) is 0 Å². The number of aromatic amines is 1. The van der Waals surface area contributed by atoms with Crippen molar-refractivity contribution in [1.82, 2.24) is 25.0 Å². The van der Waals surface area contributed by atoms with Gasteiger partial charge in [-0.1, -0.05) is 11.6 Å². The van der Waals surface area contributed by atoms with Crippen molar-refractivity contribution in [2.75, 3.05) is 50.1 Å². The number of methoxy groups -OCH3 is 1. The van der Waals surface area contributed by atoms with Gasteiger partial charge in [-0.3, -0.25) is 29.7 Å². The van der Waals surface area contributed by atoms with Crippen LogP contribution in [-0.2, 0) is 27.5 Å². The lowest BCUT2D eigenvalue weighted by atomic mass is 9.80. The molecule has 4 aliphatic rings. The number of H-pyrrole nitrogens is 1. The highest BCUT2D eigenvalue weighted by Crippen LogP contribution is 2.41. The Kier molecular flexibility index (Phi) is 10.9. The molecule has 3 saturated heterocycles. The van der Waals surface area contributed by atoms with Gasteiger partial charge in [0.05, 0.1) is 18.9 Å². The van der Waals surface area contributed by atoms with E-state index in [9.17, 15) is 27.6 Å². The number of benzene rings is 1. The Balaban J connectivity index is 0.984. The van der Waals surface area contributed by atoms with Crippen molar-refractivity contribution in [2.45, 2.75) is 63.6 Å². The number of nitrogens with zero attached hydrogens (tertiary/aromatic N) is 4. The van der Waals surface area contributed by atoms with E-state index in [1.165, 1.54) is 10.6 Å². The molecule has 1 aromatic carbocycles. The number of amides is 2. The molecule has 0 bridgehead atoms. The summed E-state index contributed by atoms with van der Waals surface area (Å²) in [6, 6.07) is 3.39. The monoisotopic (exact) mass is 767 g/mol. The number of imide groups is 1. The van der Waals surface area contributed by atoms with E-state index in [2.05, 4.69) is 25.7 Å². The van der Waals surface area contributed by atoms with Gasteiger partial charge in [-0.05, 0) is 105 Å². The molecular weight excluding hydrogens is 723 g/mol. The minimum atomic E-state index is -4.57. The number of alkyl halides is 3. The second-order valence-electron chi connectivity index (χ2n) is 14.8. The van der Waals surface area contributed by atoms with Crippen LogP contribution in [0.4, 0.5) is 24.5 Å². The maximum atomic E-state index is 14.3. The average molecular weight is 768 g/mol. The third kappa shape index (κ3) is 8.09. The number of allylic oxidation sites excluding steroid dienone is 5. The van der Waals surface area contributed by atoms with Crippen LogP contribution in [-0.4, -0.2) is 77.4 Å². The fourth-order valence-electron chi connectivity index (χ4n) is 8.45. The van der Waals surface area contributed by atoms with Crippen molar-refractivity contribution in [3.63, 3.8) is 0 Å². The van der Waals surface area contributed by atoms with Crippen molar-refractivity contribution in [2.24, 2.45) is 18.9 Å². The largest absolute Gasteiger partial charge is 0.501 e. The normalized spacial score (nSPS) is 22.4. The lowest BCUT2D eigenvalue weighted by molar-refractivity contribution is -0.137. The van der Waals surface area contributed by atoms with Crippen LogP contribution in [0.3, 0.4) is 0 Å². The summed E-state index contributed by atoms with van der Waals surface area (Å²) in [5.74, 6) is 0.776. The highest BCUT2D eigenvalue weighted by molar-refractivity contribution is 6.32. The molecule has 2 atom stereocenters. The van der Waals surface area contributed by atoms with Crippen LogP contribution in [0.5, 0.6) is 0 Å². The number of pyridine rings is 1. The highest BCUT2D eigenvalue weighted by atomic mass is 35.5. The van der Waals surface area contributed by atoms with E-state index in [1.54, 1.807) is 32.6 Å². The van der Waals surface area contributed by atoms with Gasteiger partial charge in [0.2, 0.25) is 11.8 Å². The van der Waals surface area contributed by atoms with Crippen LogP contribution < -0.4 is 21.1 Å². The van der Waals surface area contributed by atoms with Crippen molar-refractivity contribution in [3.05, 3.63) is 80.6 Å². The number of hydrogen-bond acceptors (Lipinski definition) is 8. The van der Waals surface area contributed by atoms with E-state index in [0.29, 0.717) is 53.8 Å². The molecule has 2 aromatic heterocycles. The number of ether oxygens (including phenoxy) is 1. The van der Waals surface area contributed by atoms with E-state index < -0.39 is 23.7 Å². The number of carbonyl (C=O) groups excluding carboxylic acids is 2. The van der Waals surface area contributed by atoms with E-state index >= 15 is 0 Å². The smallest absolute Gasteiger partial charge is 0.418 e. The summed E-state index contributed by atoms with van der Waals surface area (Å²) in [4.78, 5) is 40.6. The standard InChI is InChI=1S/C39H45ClF3N7O4/c1-48-22-30(29-20-44-47-36(29)38(48)53)25-16-28(54-2)17-26(32(40)18-25)21-49-12-3-4-23(9-13-49)24-10-14-50(15-11-24)34-7-5-27(19-31(34)39(41,42)43)45-33-6-8-35(51)46-37(33)52/h5,7,16,18-20,22-24,33,45H,3-4,6,8-15,17,21H2,1-2H3,(H,44,47)(H,46,51,52). The first-order valence-electron chi connectivity index (χ1n) is 18.5. The number of hydrogen-bond donors (Lipinski definition) is 3. The number of nitrogens with one attached hydrogen (secondary N) is 3. The Hall–Kier alpha value is -4.56. The molecule has 54 heavy (non-hydrogen) atoms. The second kappa shape index (κ2) is 15.7. The van der Waals surface area contributed by atoms with Crippen LogP contribution >= 0.6 is 11.6 Å². The molecule has 3 N–H and O–H groups in total. The lowest BCUT2D eigenvalue weighted by Crippen LogP contribution is -2.47. The molecule has 15 heteroatoms. The molecule has 0 radical (unpaired) electrons. The number of aromatic nitrogens is 3. The minimum absolute atomic E-state index is 0.135. The van der Waals surface area contributed by atoms with Crippen molar-refractivity contribution < 1.29 is 27.5 Å². The quantitative estimate of drug-likeness (QED) is 0.228. The van der Waals surface area contributed by atoms with Gasteiger partial charge >= 0.3 is 6.18 Å². The molecule has 3 aromatic rings. The third-order valence-electron chi connectivity index (χ3n) is 11.4. The number of anilines is 2. The molecule has 0 saturated carbocycles. The van der Waals surface area contributed by atoms with E-state index in [0.717, 1.165) is 73.7 Å². The first kappa shape index (κ1) is 37.7. The molecule has 3 aliphatic heterocycles. The fraction of sp³-hybridized carbons (Fsp3) is 0.487. The lowest BCUT2D eigenvalue weighted by Gasteiger charge is -2.38. The van der Waals surface area contributed by atoms with Crippen LogP contribution in [0.2, 0.25) is 0 Å². The summed E-state index contributed by atoms with van der Waals surface area (Å²) in [5, 5.41) is 13.4. The zero-order valence-electron chi connectivity index (χ0n) is 30.4. The van der Waals surface area contributed by atoms with Crippen LogP contribution in [0.1, 0.15) is 62.5 Å². The Morgan fingerprint density at radius 3 is 2.52 bits per heavy atom. The maximum absolute atomic E-state index is 14.3. The van der Waals surface area contributed by atoms with Crippen LogP contribution in [0, 0.1) is 11.8 Å². The molecular formula is C39H45ClF3N7O4. The highest BCUT2D eigenvalue weighted by Gasteiger charge is 2.37. The number of halogens is 4. The summed E-state index contributed by atoms with van der Waals surface area (Å²) in [5.41, 5.74) is 2.61. The van der Waals surface area contributed by atoms with E-state index in [4.69, 9.17) is 16.3 Å². The Labute approximate surface area is 316 Å². The van der Waals surface area contributed by atoms with Gasteiger partial charge in [0, 0.05) is 73.1 Å². The van der Waals surface area contributed by atoms with Gasteiger partial charge in [0.15, 0.2) is 0 Å². The van der Waals surface area contributed by atoms with Gasteiger partial charge in [-0.25, -0.2) is 0 Å². The second-order valence-corrected chi connectivity index (χ2v) is 15.2. The molecule has 1 aliphatic carbocycles. The van der Waals surface area contributed by atoms with Crippen molar-refractivity contribution >= 4 is 51.3 Å². The first-order valence-corrected chi connectivity index (χ1v) is 18.9. The molecule has 2 amide bonds. The number of rotatable bonds is 8. The summed E-state index contributed by atoms with van der Waals surface area (Å²) in [6.45, 7) is 3.60. The van der Waals surface area contributed by atoms with Gasteiger partial charge in [-0.15, -0.1) is 0 Å². The van der Waals surface area contributed by atoms with Crippen LogP contribution in [0.15, 0.2) is 63.9 Å². The number of fused-ring (bicyclic) bond motifs is 1. The minimum Gasteiger partial charge on any atom is -0.501 e. The predicted molar refractivity (Wildman–Crippen MR) is 202 cm³/mol. The van der Waals surface area contributed by atoms with Gasteiger partial charge in [-0.2, -0.15) is 18.3 Å². The molecule has 5 heterocycles. The summed E-state index contributed by atoms with van der Waals surface area (Å²) in [6.07, 6.45) is 8.45. The average Bonchev–Trinajstić information content (AvgIpc) is 3.45.